The van der Waals surface area contributed by atoms with Crippen LogP contribution in [0.15, 0.2) is 54.6 Å². The number of aryl methyl sites for hydroxylation is 1. The predicted octanol–water partition coefficient (Wildman–Crippen LogP) is 9.93. The van der Waals surface area contributed by atoms with Gasteiger partial charge in [-0.2, -0.15) is 0 Å². The number of benzene rings is 2. The summed E-state index contributed by atoms with van der Waals surface area (Å²) in [4.78, 5) is 13.0. The molecule has 4 nitrogen and oxygen atoms in total. The van der Waals surface area contributed by atoms with Gasteiger partial charge in [0.1, 0.15) is 30.9 Å². The van der Waals surface area contributed by atoms with Gasteiger partial charge in [-0.05, 0) is 43.4 Å². The summed E-state index contributed by atoms with van der Waals surface area (Å²) in [5.41, 5.74) is 2.65. The first-order valence-electron chi connectivity index (χ1n) is 17.1. The minimum atomic E-state index is -0.138. The van der Waals surface area contributed by atoms with E-state index in [1.54, 1.807) is 0 Å². The summed E-state index contributed by atoms with van der Waals surface area (Å²) in [5.74, 6) is 0.612. The lowest BCUT2D eigenvalue weighted by Crippen LogP contribution is -2.45. The van der Waals surface area contributed by atoms with E-state index in [0.717, 1.165) is 42.6 Å². The Morgan fingerprint density at radius 3 is 1.81 bits per heavy atom. The molecule has 0 saturated heterocycles. The van der Waals surface area contributed by atoms with Gasteiger partial charge in [0.2, 0.25) is 0 Å². The van der Waals surface area contributed by atoms with Crippen LogP contribution >= 0.6 is 0 Å². The Morgan fingerprint density at radius 2 is 1.26 bits per heavy atom. The Bertz CT molecular complexity index is 941. The highest BCUT2D eigenvalue weighted by molar-refractivity contribution is 5.72. The maximum atomic E-state index is 13.0. The molecule has 0 saturated carbocycles. The van der Waals surface area contributed by atoms with Gasteiger partial charge in [-0.3, -0.25) is 4.79 Å². The van der Waals surface area contributed by atoms with E-state index in [2.05, 4.69) is 83.4 Å². The van der Waals surface area contributed by atoms with E-state index in [9.17, 15) is 4.79 Å². The lowest BCUT2D eigenvalue weighted by molar-refractivity contribution is -0.906. The number of nitrogens with zero attached hydrogens (tertiary/aromatic N) is 1. The Labute approximate surface area is 258 Å². The van der Waals surface area contributed by atoms with Crippen LogP contribution in [0.3, 0.4) is 0 Å². The number of unbranched alkanes of at least 4 members (excludes halogenated alkanes) is 11. The number of rotatable bonds is 24. The molecule has 0 fully saturated rings. The summed E-state index contributed by atoms with van der Waals surface area (Å²) >= 11 is 0. The number of quaternary nitrogens is 1. The van der Waals surface area contributed by atoms with Crippen molar-refractivity contribution in [3.8, 4) is 5.75 Å². The molecule has 0 bridgehead atoms. The van der Waals surface area contributed by atoms with Crippen molar-refractivity contribution in [2.45, 2.75) is 130 Å². The molecular weight excluding hydrogens is 518 g/mol. The van der Waals surface area contributed by atoms with Crippen molar-refractivity contribution in [1.29, 1.82) is 0 Å². The van der Waals surface area contributed by atoms with Gasteiger partial charge in [-0.25, -0.2) is 0 Å². The first-order valence-corrected chi connectivity index (χ1v) is 17.1. The highest BCUT2D eigenvalue weighted by Crippen LogP contribution is 2.20. The summed E-state index contributed by atoms with van der Waals surface area (Å²) in [7, 11) is 4.37. The zero-order valence-electron chi connectivity index (χ0n) is 27.8. The molecule has 0 radical (unpaired) electrons. The van der Waals surface area contributed by atoms with Gasteiger partial charge >= 0.3 is 5.97 Å². The van der Waals surface area contributed by atoms with Crippen LogP contribution in [-0.2, 0) is 22.5 Å². The Hall–Kier alpha value is -2.33. The third-order valence-electron chi connectivity index (χ3n) is 8.41. The predicted molar refractivity (Wildman–Crippen MR) is 178 cm³/mol. The van der Waals surface area contributed by atoms with Gasteiger partial charge in [0, 0.05) is 5.56 Å². The van der Waals surface area contributed by atoms with E-state index >= 15 is 0 Å². The van der Waals surface area contributed by atoms with Gasteiger partial charge in [-0.15, -0.1) is 0 Å². The first kappa shape index (κ1) is 35.9. The zero-order valence-corrected chi connectivity index (χ0v) is 27.8. The molecular formula is C38H62NO3+. The second-order valence-electron chi connectivity index (χ2n) is 12.9. The summed E-state index contributed by atoms with van der Waals surface area (Å²) < 4.78 is 12.7. The molecule has 2 atom stereocenters. The molecule has 236 valence electrons. The number of carbonyl (C=O) groups excluding carboxylic acids is 1. The molecule has 0 aliphatic carbocycles. The monoisotopic (exact) mass is 580 g/mol. The molecule has 2 unspecified atom stereocenters. The molecule has 0 heterocycles. The number of ether oxygens (including phenoxy) is 2. The topological polar surface area (TPSA) is 35.5 Å². The molecule has 2 aromatic rings. The minimum Gasteiger partial charge on any atom is -0.487 e. The third-order valence-corrected chi connectivity index (χ3v) is 8.41. The number of carbonyl (C=O) groups is 1. The SMILES string of the molecule is CCCCCCCCCCCCCCc1ccc(OC(CC)COC(=O)C(CC)C[N+](C)(C)Cc2ccccc2)cc1. The lowest BCUT2D eigenvalue weighted by atomic mass is 10.0. The van der Waals surface area contributed by atoms with E-state index < -0.39 is 0 Å². The van der Waals surface area contributed by atoms with Crippen LogP contribution in [-0.4, -0.2) is 43.8 Å². The van der Waals surface area contributed by atoms with Crippen LogP contribution in [0.25, 0.3) is 0 Å². The number of hydrogen-bond acceptors (Lipinski definition) is 3. The van der Waals surface area contributed by atoms with Crippen molar-refractivity contribution >= 4 is 5.97 Å². The Morgan fingerprint density at radius 1 is 0.690 bits per heavy atom. The van der Waals surface area contributed by atoms with Crippen LogP contribution in [0.4, 0.5) is 0 Å². The van der Waals surface area contributed by atoms with Crippen LogP contribution in [0.2, 0.25) is 0 Å². The third kappa shape index (κ3) is 15.8. The maximum absolute atomic E-state index is 13.0. The van der Waals surface area contributed by atoms with Gasteiger partial charge in [0.05, 0.1) is 20.6 Å². The highest BCUT2D eigenvalue weighted by Gasteiger charge is 2.28. The van der Waals surface area contributed by atoms with E-state index in [4.69, 9.17) is 9.47 Å². The molecule has 0 aromatic heterocycles. The lowest BCUT2D eigenvalue weighted by Gasteiger charge is -2.32. The van der Waals surface area contributed by atoms with Gasteiger partial charge in [0.25, 0.3) is 0 Å². The van der Waals surface area contributed by atoms with Crippen molar-refractivity contribution < 1.29 is 18.8 Å². The molecule has 0 amide bonds. The highest BCUT2D eigenvalue weighted by atomic mass is 16.6. The average molecular weight is 581 g/mol. The Kier molecular flexibility index (Phi) is 18.3. The summed E-state index contributed by atoms with van der Waals surface area (Å²) in [6, 6.07) is 19.0. The standard InChI is InChI=1S/C38H62NO3/c1-6-9-10-11-12-13-14-15-16-17-18-20-23-33-26-28-37(29-27-33)42-36(8-3)32-41-38(40)35(7-2)31-39(4,5)30-34-24-21-19-22-25-34/h19,21-22,24-29,35-36H,6-18,20,23,30-32H2,1-5H3/q+1. The van der Waals surface area contributed by atoms with E-state index in [1.165, 1.54) is 88.2 Å². The molecule has 42 heavy (non-hydrogen) atoms. The van der Waals surface area contributed by atoms with Gasteiger partial charge in [-0.1, -0.05) is 134 Å². The van der Waals surface area contributed by atoms with Crippen molar-refractivity contribution in [2.75, 3.05) is 27.2 Å². The molecule has 0 N–H and O–H groups in total. The molecule has 0 aliphatic heterocycles. The first-order chi connectivity index (χ1) is 20.4. The molecule has 4 heteroatoms. The van der Waals surface area contributed by atoms with Crippen molar-refractivity contribution in [1.82, 2.24) is 0 Å². The van der Waals surface area contributed by atoms with Gasteiger partial charge < -0.3 is 14.0 Å². The van der Waals surface area contributed by atoms with Crippen molar-refractivity contribution in [3.05, 3.63) is 65.7 Å². The fraction of sp³-hybridized carbons (Fsp3) is 0.658. The normalized spacial score (nSPS) is 13.1. The molecule has 2 aromatic carbocycles. The second kappa shape index (κ2) is 21.4. The fourth-order valence-electron chi connectivity index (χ4n) is 5.73. The summed E-state index contributed by atoms with van der Waals surface area (Å²) in [6.07, 6.45) is 19.1. The maximum Gasteiger partial charge on any atom is 0.314 e. The Balaban J connectivity index is 1.64. The largest absolute Gasteiger partial charge is 0.487 e. The van der Waals surface area contributed by atoms with Crippen molar-refractivity contribution in [3.63, 3.8) is 0 Å². The quantitative estimate of drug-likeness (QED) is 0.0704. The van der Waals surface area contributed by atoms with Crippen LogP contribution < -0.4 is 4.74 Å². The minimum absolute atomic E-state index is 0.114. The van der Waals surface area contributed by atoms with Crippen LogP contribution in [0, 0.1) is 5.92 Å². The molecule has 0 spiro atoms. The average Bonchev–Trinajstić information content (AvgIpc) is 2.99. The van der Waals surface area contributed by atoms with Gasteiger partial charge in [0.15, 0.2) is 0 Å². The number of esters is 1. The fourth-order valence-corrected chi connectivity index (χ4v) is 5.73. The molecule has 2 rings (SSSR count). The summed E-state index contributed by atoms with van der Waals surface area (Å²) in [6.45, 7) is 8.37. The zero-order chi connectivity index (χ0) is 30.5. The van der Waals surface area contributed by atoms with Crippen molar-refractivity contribution in [2.24, 2.45) is 5.92 Å². The van der Waals surface area contributed by atoms with Crippen LogP contribution in [0.5, 0.6) is 5.75 Å². The molecule has 0 aliphatic rings. The smallest absolute Gasteiger partial charge is 0.314 e. The second-order valence-corrected chi connectivity index (χ2v) is 12.9. The summed E-state index contributed by atoms with van der Waals surface area (Å²) in [5, 5.41) is 0. The van der Waals surface area contributed by atoms with Crippen LogP contribution in [0.1, 0.15) is 122 Å². The van der Waals surface area contributed by atoms with E-state index in [-0.39, 0.29) is 18.0 Å². The van der Waals surface area contributed by atoms with E-state index in [0.29, 0.717) is 6.61 Å². The van der Waals surface area contributed by atoms with E-state index in [1.807, 2.05) is 6.07 Å². The number of hydrogen-bond donors (Lipinski definition) is 0.